The molecule has 1 amide bonds. The molecule has 0 spiro atoms. The molecule has 0 unspecified atom stereocenters. The number of piperidine rings is 1. The molecule has 2 heterocycles. The molecule has 2 rings (SSSR count). The van der Waals surface area contributed by atoms with Crippen LogP contribution in [-0.2, 0) is 0 Å². The highest BCUT2D eigenvalue weighted by atomic mass is 35.5. The molecule has 0 aliphatic carbocycles. The first-order chi connectivity index (χ1) is 8.50. The van der Waals surface area contributed by atoms with Gasteiger partial charge in [0.15, 0.2) is 0 Å². The highest BCUT2D eigenvalue weighted by Gasteiger charge is 2.28. The van der Waals surface area contributed by atoms with Gasteiger partial charge in [0.05, 0.1) is 16.1 Å². The number of aryl methyl sites for hydroxylation is 1. The van der Waals surface area contributed by atoms with Crippen LogP contribution in [-0.4, -0.2) is 36.2 Å². The Morgan fingerprint density at radius 3 is 2.63 bits per heavy atom. The summed E-state index contributed by atoms with van der Waals surface area (Å²) in [6.45, 7) is 2.65. The first-order valence-corrected chi connectivity index (χ1v) is 6.45. The van der Waals surface area contributed by atoms with Crippen molar-refractivity contribution in [1.82, 2.24) is 15.6 Å². The molecular formula is C11H15Cl3FN3O. The van der Waals surface area contributed by atoms with E-state index in [1.807, 2.05) is 0 Å². The fourth-order valence-electron chi connectivity index (χ4n) is 1.95. The van der Waals surface area contributed by atoms with E-state index in [1.54, 1.807) is 6.92 Å². The van der Waals surface area contributed by atoms with Gasteiger partial charge in [-0.2, -0.15) is 0 Å². The lowest BCUT2D eigenvalue weighted by atomic mass is 10.0. The summed E-state index contributed by atoms with van der Waals surface area (Å²) in [4.78, 5) is 14.8. The SMILES string of the molecule is Cc1[nH]c(C(=O)N[C@@H]2CCNC[C@@H]2F)c(Cl)c1Cl.Cl. The molecule has 1 saturated heterocycles. The van der Waals surface area contributed by atoms with Crippen LogP contribution in [0.2, 0.25) is 10.0 Å². The maximum Gasteiger partial charge on any atom is 0.269 e. The molecule has 1 aromatic rings. The Bertz CT molecular complexity index is 466. The Morgan fingerprint density at radius 2 is 2.11 bits per heavy atom. The minimum atomic E-state index is -1.09. The van der Waals surface area contributed by atoms with Gasteiger partial charge in [-0.05, 0) is 19.9 Å². The van der Waals surface area contributed by atoms with Crippen LogP contribution in [0.4, 0.5) is 4.39 Å². The fourth-order valence-corrected chi connectivity index (χ4v) is 2.37. The summed E-state index contributed by atoms with van der Waals surface area (Å²) in [6.07, 6.45) is -0.536. The molecule has 8 heteroatoms. The van der Waals surface area contributed by atoms with E-state index in [2.05, 4.69) is 15.6 Å². The number of hydrogen-bond acceptors (Lipinski definition) is 2. The first-order valence-electron chi connectivity index (χ1n) is 5.70. The maximum absolute atomic E-state index is 13.6. The molecule has 1 aliphatic heterocycles. The van der Waals surface area contributed by atoms with Crippen molar-refractivity contribution in [2.75, 3.05) is 13.1 Å². The van der Waals surface area contributed by atoms with Crippen LogP contribution < -0.4 is 10.6 Å². The monoisotopic (exact) mass is 329 g/mol. The average Bonchev–Trinajstić information content (AvgIpc) is 2.60. The van der Waals surface area contributed by atoms with E-state index < -0.39 is 18.1 Å². The summed E-state index contributed by atoms with van der Waals surface area (Å²) >= 11 is 11.8. The van der Waals surface area contributed by atoms with Gasteiger partial charge in [0.2, 0.25) is 0 Å². The minimum absolute atomic E-state index is 0. The Kier molecular flexibility index (Phi) is 5.92. The normalized spacial score (nSPS) is 22.7. The van der Waals surface area contributed by atoms with Gasteiger partial charge >= 0.3 is 0 Å². The number of nitrogens with one attached hydrogen (secondary N) is 3. The summed E-state index contributed by atoms with van der Waals surface area (Å²) in [5.74, 6) is -0.426. The lowest BCUT2D eigenvalue weighted by molar-refractivity contribution is 0.0888. The van der Waals surface area contributed by atoms with Gasteiger partial charge in [-0.1, -0.05) is 23.2 Å². The lowest BCUT2D eigenvalue weighted by Crippen LogP contribution is -2.50. The largest absolute Gasteiger partial charge is 0.352 e. The van der Waals surface area contributed by atoms with Gasteiger partial charge in [0.25, 0.3) is 5.91 Å². The van der Waals surface area contributed by atoms with Crippen molar-refractivity contribution in [3.8, 4) is 0 Å². The predicted octanol–water partition coefficient (Wildman–Crippen LogP) is 2.48. The van der Waals surface area contributed by atoms with Crippen LogP contribution >= 0.6 is 35.6 Å². The van der Waals surface area contributed by atoms with E-state index in [0.29, 0.717) is 23.7 Å². The second-order valence-corrected chi connectivity index (χ2v) is 5.10. The molecule has 0 bridgehead atoms. The molecule has 4 nitrogen and oxygen atoms in total. The van der Waals surface area contributed by atoms with E-state index in [1.165, 1.54) is 0 Å². The number of carbonyl (C=O) groups is 1. The number of amides is 1. The Morgan fingerprint density at radius 1 is 1.42 bits per heavy atom. The van der Waals surface area contributed by atoms with Crippen LogP contribution in [0.25, 0.3) is 0 Å². The Hall–Kier alpha value is -0.490. The van der Waals surface area contributed by atoms with E-state index in [9.17, 15) is 9.18 Å². The molecule has 1 aliphatic rings. The number of aromatic nitrogens is 1. The second-order valence-electron chi connectivity index (χ2n) is 4.34. The minimum Gasteiger partial charge on any atom is -0.352 e. The van der Waals surface area contributed by atoms with Gasteiger partial charge in [0.1, 0.15) is 11.9 Å². The fraction of sp³-hybridized carbons (Fsp3) is 0.545. The number of H-pyrrole nitrogens is 1. The van der Waals surface area contributed by atoms with Gasteiger partial charge < -0.3 is 15.6 Å². The standard InChI is InChI=1S/C11H14Cl2FN3O.ClH/c1-5-8(12)9(13)10(16-5)11(18)17-7-2-3-15-4-6(7)14;/h6-7,15-16H,2-4H2,1H3,(H,17,18);1H/t6-,7+;/m0./s1. The highest BCUT2D eigenvalue weighted by Crippen LogP contribution is 2.29. The van der Waals surface area contributed by atoms with Crippen LogP contribution in [0, 0.1) is 6.92 Å². The van der Waals surface area contributed by atoms with E-state index in [0.717, 1.165) is 0 Å². The van der Waals surface area contributed by atoms with E-state index in [4.69, 9.17) is 23.2 Å². The number of alkyl halides is 1. The van der Waals surface area contributed by atoms with Crippen molar-refractivity contribution in [3.63, 3.8) is 0 Å². The molecule has 3 N–H and O–H groups in total. The Balaban J connectivity index is 0.00000180. The van der Waals surface area contributed by atoms with Crippen molar-refractivity contribution in [2.45, 2.75) is 25.6 Å². The number of rotatable bonds is 2. The molecule has 0 radical (unpaired) electrons. The smallest absolute Gasteiger partial charge is 0.269 e. The average molecular weight is 331 g/mol. The summed E-state index contributed by atoms with van der Waals surface area (Å²) in [6, 6.07) is -0.489. The number of carbonyl (C=O) groups excluding carboxylic acids is 1. The molecule has 2 atom stereocenters. The van der Waals surface area contributed by atoms with Crippen LogP contribution in [0.1, 0.15) is 22.6 Å². The molecule has 108 valence electrons. The van der Waals surface area contributed by atoms with Gasteiger partial charge in [-0.15, -0.1) is 12.4 Å². The lowest BCUT2D eigenvalue weighted by Gasteiger charge is -2.27. The first kappa shape index (κ1) is 16.6. The molecule has 0 saturated carbocycles. The zero-order valence-electron chi connectivity index (χ0n) is 10.2. The van der Waals surface area contributed by atoms with E-state index >= 15 is 0 Å². The predicted molar refractivity (Wildman–Crippen MR) is 76.4 cm³/mol. The van der Waals surface area contributed by atoms with Crippen molar-refractivity contribution in [3.05, 3.63) is 21.4 Å². The maximum atomic E-state index is 13.6. The Labute approximate surface area is 126 Å². The summed E-state index contributed by atoms with van der Waals surface area (Å²) in [5.41, 5.74) is 0.804. The topological polar surface area (TPSA) is 56.9 Å². The van der Waals surface area contributed by atoms with Crippen LogP contribution in [0.15, 0.2) is 0 Å². The summed E-state index contributed by atoms with van der Waals surface area (Å²) in [7, 11) is 0. The quantitative estimate of drug-likeness (QED) is 0.780. The van der Waals surface area contributed by atoms with Gasteiger partial charge in [-0.25, -0.2) is 4.39 Å². The number of aromatic amines is 1. The van der Waals surface area contributed by atoms with Crippen LogP contribution in [0.3, 0.4) is 0 Å². The highest BCUT2D eigenvalue weighted by molar-refractivity contribution is 6.44. The molecule has 0 aromatic carbocycles. The summed E-state index contributed by atoms with van der Waals surface area (Å²) < 4.78 is 13.6. The van der Waals surface area contributed by atoms with Crippen molar-refractivity contribution in [2.24, 2.45) is 0 Å². The number of halogens is 4. The molecular weight excluding hydrogens is 315 g/mol. The zero-order valence-corrected chi connectivity index (χ0v) is 12.6. The number of hydrogen-bond donors (Lipinski definition) is 3. The molecule has 1 aromatic heterocycles. The van der Waals surface area contributed by atoms with Crippen molar-refractivity contribution < 1.29 is 9.18 Å². The van der Waals surface area contributed by atoms with Crippen LogP contribution in [0.5, 0.6) is 0 Å². The molecule has 1 fully saturated rings. The third-order valence-corrected chi connectivity index (χ3v) is 3.95. The van der Waals surface area contributed by atoms with E-state index in [-0.39, 0.29) is 29.7 Å². The third kappa shape index (κ3) is 3.54. The van der Waals surface area contributed by atoms with Gasteiger partial charge in [0, 0.05) is 12.2 Å². The van der Waals surface area contributed by atoms with Crippen molar-refractivity contribution in [1.29, 1.82) is 0 Å². The second kappa shape index (κ2) is 6.79. The third-order valence-electron chi connectivity index (χ3n) is 3.01. The molecule has 19 heavy (non-hydrogen) atoms. The van der Waals surface area contributed by atoms with Crippen molar-refractivity contribution >= 4 is 41.5 Å². The van der Waals surface area contributed by atoms with Gasteiger partial charge in [-0.3, -0.25) is 4.79 Å². The zero-order chi connectivity index (χ0) is 13.3. The summed E-state index contributed by atoms with van der Waals surface area (Å²) in [5, 5.41) is 6.06.